The molecule has 0 saturated heterocycles. The first-order chi connectivity index (χ1) is 21.1. The highest BCUT2D eigenvalue weighted by molar-refractivity contribution is 7.92. The third-order valence-corrected chi connectivity index (χ3v) is 9.53. The van der Waals surface area contributed by atoms with Crippen LogP contribution in [0.1, 0.15) is 40.9 Å². The number of aryl methyl sites for hydroxylation is 3. The van der Waals surface area contributed by atoms with Gasteiger partial charge in [0, 0.05) is 62.1 Å². The summed E-state index contributed by atoms with van der Waals surface area (Å²) in [6.45, 7) is 5.77. The molecule has 5 rings (SSSR count). The molecular formula is C31H40N6O6S. The quantitative estimate of drug-likeness (QED) is 0.185. The fourth-order valence-electron chi connectivity index (χ4n) is 5.40. The lowest BCUT2D eigenvalue weighted by atomic mass is 9.99. The Morgan fingerprint density at radius 2 is 1.86 bits per heavy atom. The highest BCUT2D eigenvalue weighted by Gasteiger charge is 2.29. The van der Waals surface area contributed by atoms with E-state index in [4.69, 9.17) is 9.90 Å². The normalized spacial score (nSPS) is 15.1. The predicted octanol–water partition coefficient (Wildman–Crippen LogP) is 2.39. The fraction of sp³-hybridized carbons (Fsp3) is 0.387. The van der Waals surface area contributed by atoms with Crippen LogP contribution in [0.15, 0.2) is 61.1 Å². The van der Waals surface area contributed by atoms with E-state index in [2.05, 4.69) is 15.7 Å². The Morgan fingerprint density at radius 1 is 1.14 bits per heavy atom. The summed E-state index contributed by atoms with van der Waals surface area (Å²) < 4.78 is 30.9. The number of hydrogen-bond donors (Lipinski definition) is 4. The number of carbonyl (C=O) groups excluding carboxylic acids is 1. The van der Waals surface area contributed by atoms with Crippen molar-refractivity contribution in [1.29, 1.82) is 0 Å². The highest BCUT2D eigenvalue weighted by atomic mass is 32.2. The molecule has 4 N–H and O–H groups in total. The van der Waals surface area contributed by atoms with E-state index in [1.807, 2.05) is 71.9 Å². The first kappa shape index (κ1) is 32.7. The van der Waals surface area contributed by atoms with Crippen LogP contribution in [0.2, 0.25) is 0 Å². The minimum absolute atomic E-state index is 0.00970. The second-order valence-corrected chi connectivity index (χ2v) is 12.8. The summed E-state index contributed by atoms with van der Waals surface area (Å²) in [5.74, 6) is -0.373. The Bertz CT molecular complexity index is 1680. The molecule has 1 aliphatic rings. The number of nitrogens with one attached hydrogen (secondary N) is 2. The first-order valence-electron chi connectivity index (χ1n) is 14.6. The van der Waals surface area contributed by atoms with Crippen LogP contribution in [0, 0.1) is 0 Å². The van der Waals surface area contributed by atoms with Crippen molar-refractivity contribution in [2.75, 3.05) is 23.7 Å². The van der Waals surface area contributed by atoms with E-state index in [-0.39, 0.29) is 24.7 Å². The van der Waals surface area contributed by atoms with E-state index in [1.165, 1.54) is 11.4 Å². The molecule has 236 valence electrons. The van der Waals surface area contributed by atoms with Crippen LogP contribution in [-0.4, -0.2) is 76.8 Å². The molecule has 12 nitrogen and oxygen atoms in total. The lowest BCUT2D eigenvalue weighted by molar-refractivity contribution is -0.122. The highest BCUT2D eigenvalue weighted by Crippen LogP contribution is 2.35. The minimum Gasteiger partial charge on any atom is -0.483 e. The molecule has 0 unspecified atom stereocenters. The number of hydrogen-bond acceptors (Lipinski definition) is 7. The molecule has 3 heterocycles. The zero-order valence-electron chi connectivity index (χ0n) is 25.2. The minimum atomic E-state index is -3.53. The van der Waals surface area contributed by atoms with E-state index in [0.717, 1.165) is 40.6 Å². The van der Waals surface area contributed by atoms with Crippen LogP contribution in [0.25, 0.3) is 10.9 Å². The van der Waals surface area contributed by atoms with E-state index < -0.39 is 22.2 Å². The van der Waals surface area contributed by atoms with Gasteiger partial charge in [-0.2, -0.15) is 5.10 Å². The first-order valence-corrected chi connectivity index (χ1v) is 16.2. The molecule has 0 radical (unpaired) electrons. The molecule has 1 aliphatic heterocycles. The van der Waals surface area contributed by atoms with Gasteiger partial charge in [-0.25, -0.2) is 8.42 Å². The smallest absolute Gasteiger partial charge is 0.290 e. The van der Waals surface area contributed by atoms with Crippen LogP contribution in [-0.2, 0) is 47.3 Å². The van der Waals surface area contributed by atoms with Gasteiger partial charge < -0.3 is 25.4 Å². The van der Waals surface area contributed by atoms with Crippen LogP contribution in [0.3, 0.4) is 0 Å². The van der Waals surface area contributed by atoms with Crippen molar-refractivity contribution in [2.45, 2.75) is 58.5 Å². The van der Waals surface area contributed by atoms with Crippen molar-refractivity contribution in [3.63, 3.8) is 0 Å². The van der Waals surface area contributed by atoms with Gasteiger partial charge in [0.1, 0.15) is 0 Å². The van der Waals surface area contributed by atoms with Crippen LogP contribution in [0.5, 0.6) is 0 Å². The molecule has 13 heteroatoms. The summed E-state index contributed by atoms with van der Waals surface area (Å²) in [6, 6.07) is 12.6. The second-order valence-electron chi connectivity index (χ2n) is 10.7. The Labute approximate surface area is 257 Å². The third kappa shape index (κ3) is 7.47. The summed E-state index contributed by atoms with van der Waals surface area (Å²) in [4.78, 5) is 22.1. The van der Waals surface area contributed by atoms with Gasteiger partial charge in [0.25, 0.3) is 12.4 Å². The number of benzene rings is 2. The van der Waals surface area contributed by atoms with Crippen molar-refractivity contribution in [3.8, 4) is 0 Å². The topological polar surface area (TPSA) is 159 Å². The zero-order chi connectivity index (χ0) is 31.9. The molecule has 0 spiro atoms. The molecule has 0 fully saturated rings. The Morgan fingerprint density at radius 3 is 2.52 bits per heavy atom. The van der Waals surface area contributed by atoms with E-state index >= 15 is 0 Å². The number of carboxylic acid groups (broad SMARTS) is 1. The number of anilines is 1. The number of rotatable bonds is 11. The molecule has 0 bridgehead atoms. The Balaban J connectivity index is 0.00000141. The van der Waals surface area contributed by atoms with Gasteiger partial charge in [0.15, 0.2) is 0 Å². The second kappa shape index (κ2) is 14.5. The largest absolute Gasteiger partial charge is 0.483 e. The molecule has 0 saturated carbocycles. The van der Waals surface area contributed by atoms with Crippen LogP contribution >= 0.6 is 0 Å². The van der Waals surface area contributed by atoms with E-state index in [1.54, 1.807) is 12.3 Å². The van der Waals surface area contributed by atoms with Gasteiger partial charge in [0.2, 0.25) is 10.0 Å². The summed E-state index contributed by atoms with van der Waals surface area (Å²) in [6.07, 6.45) is 6.06. The van der Waals surface area contributed by atoms with Crippen LogP contribution in [0.4, 0.5) is 5.69 Å². The summed E-state index contributed by atoms with van der Waals surface area (Å²) in [5, 5.41) is 29.6. The number of carbonyl (C=O) groups is 2. The van der Waals surface area contributed by atoms with Crippen LogP contribution < -0.4 is 14.9 Å². The predicted molar refractivity (Wildman–Crippen MR) is 169 cm³/mol. The molecule has 0 aliphatic carbocycles. The molecule has 2 atom stereocenters. The number of aliphatic hydroxyl groups is 1. The van der Waals surface area contributed by atoms with E-state index in [9.17, 15) is 18.3 Å². The summed E-state index contributed by atoms with van der Waals surface area (Å²) in [5.41, 5.74) is 4.71. The van der Waals surface area contributed by atoms with Gasteiger partial charge in [-0.3, -0.25) is 18.6 Å². The number of aliphatic hydroxyl groups excluding tert-OH is 1. The number of nitrogens with zero attached hydrogens (tertiary/aromatic N) is 4. The maximum absolute atomic E-state index is 13.7. The fourth-order valence-corrected chi connectivity index (χ4v) is 6.54. The van der Waals surface area contributed by atoms with E-state index in [0.29, 0.717) is 30.8 Å². The molecule has 44 heavy (non-hydrogen) atoms. The van der Waals surface area contributed by atoms with Crippen molar-refractivity contribution < 1.29 is 28.2 Å². The van der Waals surface area contributed by atoms with Gasteiger partial charge in [-0.1, -0.05) is 37.3 Å². The SMILES string of the molecule is CCc1cn2c3c(cc(C(=O)N[C@@H](Cc4ccccc4)[C@H](O)CNCc4cnn(CC)c4)cc13)N(C)S(=O)(=O)CC2.O=CO. The standard InChI is InChI=1S/C30H38N6O4S.CH2O2/c1-4-23-20-35-11-12-41(39,40)34(3)27-15-24(14-25(23)29(27)35)30(38)33-26(13-21-9-7-6-8-10-21)28(37)18-31-16-22-17-32-36(5-2)19-22;2-1-3/h6-10,14-15,17,19-20,26,28,31,37H,4-5,11-13,16,18H2,1-3H3,(H,33,38);1H,(H,2,3)/t26-,28+;/m0./s1. The maximum atomic E-state index is 13.7. The summed E-state index contributed by atoms with van der Waals surface area (Å²) >= 11 is 0. The molecule has 1 amide bonds. The van der Waals surface area contributed by atoms with Crippen molar-refractivity contribution >= 4 is 39.0 Å². The average Bonchev–Trinajstić information content (AvgIpc) is 3.61. The molecule has 4 aromatic rings. The van der Waals surface area contributed by atoms with Gasteiger partial charge in [0.05, 0.1) is 35.3 Å². The lowest BCUT2D eigenvalue weighted by Gasteiger charge is -2.25. The van der Waals surface area contributed by atoms with Gasteiger partial charge in [-0.15, -0.1) is 0 Å². The number of sulfonamides is 1. The monoisotopic (exact) mass is 624 g/mol. The van der Waals surface area contributed by atoms with Crippen molar-refractivity contribution in [1.82, 2.24) is 25.0 Å². The number of aromatic nitrogens is 3. The van der Waals surface area contributed by atoms with Gasteiger partial charge >= 0.3 is 0 Å². The maximum Gasteiger partial charge on any atom is 0.290 e. The Hall–Kier alpha value is -4.20. The third-order valence-electron chi connectivity index (χ3n) is 7.80. The van der Waals surface area contributed by atoms with Gasteiger partial charge in [-0.05, 0) is 43.0 Å². The zero-order valence-corrected chi connectivity index (χ0v) is 26.0. The lowest BCUT2D eigenvalue weighted by Crippen LogP contribution is -2.48. The summed E-state index contributed by atoms with van der Waals surface area (Å²) in [7, 11) is -1.99. The Kier molecular flexibility index (Phi) is 10.8. The molecular weight excluding hydrogens is 584 g/mol. The van der Waals surface area contributed by atoms with Crippen molar-refractivity contribution in [2.24, 2.45) is 0 Å². The average molecular weight is 625 g/mol. The number of amides is 1. The molecule has 2 aromatic carbocycles. The van der Waals surface area contributed by atoms with Crippen molar-refractivity contribution in [3.05, 3.63) is 83.3 Å². The molecule has 2 aromatic heterocycles.